The Morgan fingerprint density at radius 2 is 1.75 bits per heavy atom. The lowest BCUT2D eigenvalue weighted by atomic mass is 9.81. The molecule has 2 aromatic carbocycles. The number of carbonyl (C=O) groups excluding carboxylic acids is 1. The first-order valence-electron chi connectivity index (χ1n) is 7.07. The second-order valence-electron chi connectivity index (χ2n) is 5.54. The van der Waals surface area contributed by atoms with Gasteiger partial charge in [-0.2, -0.15) is 0 Å². The molecule has 0 bridgehead atoms. The lowest BCUT2D eigenvalue weighted by Crippen LogP contribution is -2.56. The van der Waals surface area contributed by atoms with Gasteiger partial charge in [0.1, 0.15) is 5.66 Å². The van der Waals surface area contributed by atoms with Crippen LogP contribution >= 0.6 is 0 Å². The topological polar surface area (TPSA) is 41.1 Å². The summed E-state index contributed by atoms with van der Waals surface area (Å²) in [6.45, 7) is 0. The zero-order valence-corrected chi connectivity index (χ0v) is 11.1. The molecule has 0 aromatic heterocycles. The number of aryl methyl sites for hydroxylation is 1. The van der Waals surface area contributed by atoms with Gasteiger partial charge < -0.3 is 10.6 Å². The zero-order chi connectivity index (χ0) is 13.6. The largest absolute Gasteiger partial charge is 0.358 e. The van der Waals surface area contributed by atoms with Crippen LogP contribution < -0.4 is 10.6 Å². The molecule has 1 atom stereocenters. The van der Waals surface area contributed by atoms with E-state index < -0.39 is 5.66 Å². The Morgan fingerprint density at radius 1 is 0.950 bits per heavy atom. The number of carbonyl (C=O) groups is 1. The SMILES string of the molecule is O=C1NC2(CCCc3ccccc32)Nc2ccccc21. The number of hydrogen-bond acceptors (Lipinski definition) is 2. The van der Waals surface area contributed by atoms with Crippen molar-refractivity contribution in [2.24, 2.45) is 0 Å². The van der Waals surface area contributed by atoms with Gasteiger partial charge >= 0.3 is 0 Å². The quantitative estimate of drug-likeness (QED) is 0.768. The first-order chi connectivity index (χ1) is 9.78. The van der Waals surface area contributed by atoms with Gasteiger partial charge in [0.05, 0.1) is 5.56 Å². The second-order valence-corrected chi connectivity index (χ2v) is 5.54. The molecule has 3 nitrogen and oxygen atoms in total. The highest BCUT2D eigenvalue weighted by atomic mass is 16.2. The number of para-hydroxylation sites is 1. The number of amides is 1. The Kier molecular flexibility index (Phi) is 2.36. The fourth-order valence-electron chi connectivity index (χ4n) is 3.41. The fourth-order valence-corrected chi connectivity index (χ4v) is 3.41. The molecule has 20 heavy (non-hydrogen) atoms. The van der Waals surface area contributed by atoms with Gasteiger partial charge in [-0.25, -0.2) is 0 Å². The average Bonchev–Trinajstić information content (AvgIpc) is 2.48. The molecule has 2 aromatic rings. The van der Waals surface area contributed by atoms with Crippen LogP contribution in [0.2, 0.25) is 0 Å². The third kappa shape index (κ3) is 1.56. The highest BCUT2D eigenvalue weighted by Crippen LogP contribution is 2.39. The van der Waals surface area contributed by atoms with E-state index in [0.717, 1.165) is 30.5 Å². The monoisotopic (exact) mass is 264 g/mol. The molecule has 0 saturated heterocycles. The van der Waals surface area contributed by atoms with Crippen molar-refractivity contribution >= 4 is 11.6 Å². The molecular weight excluding hydrogens is 248 g/mol. The van der Waals surface area contributed by atoms with E-state index in [1.165, 1.54) is 11.1 Å². The molecule has 1 amide bonds. The molecule has 0 fully saturated rings. The number of anilines is 1. The molecule has 1 heterocycles. The van der Waals surface area contributed by atoms with Gasteiger partial charge in [-0.15, -0.1) is 0 Å². The van der Waals surface area contributed by atoms with Crippen LogP contribution in [0.4, 0.5) is 5.69 Å². The standard InChI is InChI=1S/C17H16N2O/c20-16-13-8-2-4-10-15(13)18-17(19-16)11-5-7-12-6-1-3-9-14(12)17/h1-4,6,8-10,18H,5,7,11H2,(H,19,20). The van der Waals surface area contributed by atoms with Crippen LogP contribution in [0.3, 0.4) is 0 Å². The van der Waals surface area contributed by atoms with E-state index in [2.05, 4.69) is 28.8 Å². The van der Waals surface area contributed by atoms with E-state index in [4.69, 9.17) is 0 Å². The summed E-state index contributed by atoms with van der Waals surface area (Å²) < 4.78 is 0. The number of fused-ring (bicyclic) bond motifs is 3. The molecule has 2 N–H and O–H groups in total. The molecule has 1 aliphatic heterocycles. The molecule has 3 heteroatoms. The molecule has 1 spiro atoms. The maximum absolute atomic E-state index is 12.4. The van der Waals surface area contributed by atoms with Crippen LogP contribution in [0.25, 0.3) is 0 Å². The summed E-state index contributed by atoms with van der Waals surface area (Å²) in [6, 6.07) is 16.1. The van der Waals surface area contributed by atoms with Crippen LogP contribution in [0.15, 0.2) is 48.5 Å². The van der Waals surface area contributed by atoms with Crippen molar-refractivity contribution in [2.45, 2.75) is 24.9 Å². The third-order valence-corrected chi connectivity index (χ3v) is 4.32. The van der Waals surface area contributed by atoms with Crippen LogP contribution in [-0.2, 0) is 12.1 Å². The molecule has 0 radical (unpaired) electrons. The molecule has 4 rings (SSSR count). The van der Waals surface area contributed by atoms with Crippen LogP contribution in [-0.4, -0.2) is 5.91 Å². The van der Waals surface area contributed by atoms with E-state index in [9.17, 15) is 4.79 Å². The minimum absolute atomic E-state index is 0.0102. The fraction of sp³-hybridized carbons (Fsp3) is 0.235. The summed E-state index contributed by atoms with van der Waals surface area (Å²) in [7, 11) is 0. The van der Waals surface area contributed by atoms with E-state index in [0.29, 0.717) is 0 Å². The summed E-state index contributed by atoms with van der Waals surface area (Å²) in [5.41, 5.74) is 3.73. The van der Waals surface area contributed by atoms with Gasteiger partial charge in [-0.1, -0.05) is 36.4 Å². The zero-order valence-electron chi connectivity index (χ0n) is 11.1. The van der Waals surface area contributed by atoms with Crippen molar-refractivity contribution in [1.82, 2.24) is 5.32 Å². The lowest BCUT2D eigenvalue weighted by Gasteiger charge is -2.44. The lowest BCUT2D eigenvalue weighted by molar-refractivity contribution is 0.0889. The van der Waals surface area contributed by atoms with Crippen LogP contribution in [0, 0.1) is 0 Å². The minimum atomic E-state index is -0.444. The molecular formula is C17H16N2O. The molecule has 1 unspecified atom stereocenters. The summed E-state index contributed by atoms with van der Waals surface area (Å²) in [6.07, 6.45) is 3.08. The molecule has 100 valence electrons. The van der Waals surface area contributed by atoms with E-state index in [1.807, 2.05) is 30.3 Å². The molecule has 2 aliphatic rings. The van der Waals surface area contributed by atoms with Crippen LogP contribution in [0.1, 0.15) is 34.3 Å². The van der Waals surface area contributed by atoms with Crippen LogP contribution in [0.5, 0.6) is 0 Å². The Morgan fingerprint density at radius 3 is 2.70 bits per heavy atom. The van der Waals surface area contributed by atoms with E-state index in [1.54, 1.807) is 0 Å². The predicted octanol–water partition coefficient (Wildman–Crippen LogP) is 3.03. The smallest absolute Gasteiger partial charge is 0.255 e. The minimum Gasteiger partial charge on any atom is -0.358 e. The number of rotatable bonds is 0. The van der Waals surface area contributed by atoms with Crippen molar-refractivity contribution in [3.8, 4) is 0 Å². The number of benzene rings is 2. The molecule has 0 saturated carbocycles. The second kappa shape index (κ2) is 4.10. The Balaban J connectivity index is 1.87. The summed E-state index contributed by atoms with van der Waals surface area (Å²) in [5.74, 6) is 0.0102. The van der Waals surface area contributed by atoms with Gasteiger partial charge in [0, 0.05) is 11.3 Å². The van der Waals surface area contributed by atoms with Gasteiger partial charge in [0.2, 0.25) is 0 Å². The number of hydrogen-bond donors (Lipinski definition) is 2. The highest BCUT2D eigenvalue weighted by molar-refractivity contribution is 6.02. The summed E-state index contributed by atoms with van der Waals surface area (Å²) >= 11 is 0. The Hall–Kier alpha value is -2.29. The van der Waals surface area contributed by atoms with Gasteiger partial charge in [0.15, 0.2) is 0 Å². The van der Waals surface area contributed by atoms with E-state index >= 15 is 0 Å². The van der Waals surface area contributed by atoms with Crippen molar-refractivity contribution in [3.63, 3.8) is 0 Å². The van der Waals surface area contributed by atoms with Crippen molar-refractivity contribution in [2.75, 3.05) is 5.32 Å². The maximum Gasteiger partial charge on any atom is 0.255 e. The first-order valence-corrected chi connectivity index (χ1v) is 7.07. The highest BCUT2D eigenvalue weighted by Gasteiger charge is 2.41. The van der Waals surface area contributed by atoms with Gasteiger partial charge in [-0.05, 0) is 37.0 Å². The normalized spacial score (nSPS) is 23.5. The predicted molar refractivity (Wildman–Crippen MR) is 78.6 cm³/mol. The van der Waals surface area contributed by atoms with E-state index in [-0.39, 0.29) is 5.91 Å². The summed E-state index contributed by atoms with van der Waals surface area (Å²) in [4.78, 5) is 12.4. The summed E-state index contributed by atoms with van der Waals surface area (Å²) in [5, 5.41) is 6.76. The Labute approximate surface area is 118 Å². The number of nitrogens with one attached hydrogen (secondary N) is 2. The maximum atomic E-state index is 12.4. The average molecular weight is 264 g/mol. The van der Waals surface area contributed by atoms with Crippen molar-refractivity contribution < 1.29 is 4.79 Å². The van der Waals surface area contributed by atoms with Crippen molar-refractivity contribution in [3.05, 3.63) is 65.2 Å². The molecule has 1 aliphatic carbocycles. The van der Waals surface area contributed by atoms with Gasteiger partial charge in [0.25, 0.3) is 5.91 Å². The Bertz CT molecular complexity index is 695. The van der Waals surface area contributed by atoms with Crippen molar-refractivity contribution in [1.29, 1.82) is 0 Å². The first kappa shape index (κ1) is 11.5. The van der Waals surface area contributed by atoms with Gasteiger partial charge in [-0.3, -0.25) is 4.79 Å². The third-order valence-electron chi connectivity index (χ3n) is 4.32.